The van der Waals surface area contributed by atoms with Gasteiger partial charge in [-0.05, 0) is 23.3 Å². The Morgan fingerprint density at radius 2 is 1.90 bits per heavy atom. The number of benzene rings is 1. The van der Waals surface area contributed by atoms with Crippen LogP contribution in [-0.2, 0) is 17.9 Å². The Bertz CT molecular complexity index is 608. The predicted octanol–water partition coefficient (Wildman–Crippen LogP) is 0.818. The number of carbonyl (C=O) groups excluding carboxylic acids is 2. The molecule has 0 atom stereocenters. The molecule has 1 heterocycles. The molecule has 0 unspecified atom stereocenters. The fraction of sp³-hybridized carbons (Fsp3) is 0.200. The summed E-state index contributed by atoms with van der Waals surface area (Å²) in [5, 5.41) is 14.2. The highest BCUT2D eigenvalue weighted by atomic mass is 16.3. The highest BCUT2D eigenvalue weighted by molar-refractivity contribution is 5.94. The van der Waals surface area contributed by atoms with Gasteiger partial charge in [-0.2, -0.15) is 0 Å². The number of nitrogens with one attached hydrogen (secondary N) is 2. The number of carbonyl (C=O) groups is 2. The smallest absolute Gasteiger partial charge is 0.287 e. The molecule has 2 rings (SSSR count). The third-order valence-corrected chi connectivity index (χ3v) is 2.82. The Balaban J connectivity index is 1.75. The van der Waals surface area contributed by atoms with Crippen molar-refractivity contribution in [2.45, 2.75) is 13.2 Å². The highest BCUT2D eigenvalue weighted by Gasteiger charge is 2.09. The van der Waals surface area contributed by atoms with Crippen LogP contribution in [0, 0.1) is 0 Å². The lowest BCUT2D eigenvalue weighted by molar-refractivity contribution is -0.120. The van der Waals surface area contributed by atoms with Gasteiger partial charge < -0.3 is 20.2 Å². The van der Waals surface area contributed by atoms with Crippen LogP contribution in [0.4, 0.5) is 0 Å². The lowest BCUT2D eigenvalue weighted by atomic mass is 10.1. The average molecular weight is 288 g/mol. The van der Waals surface area contributed by atoms with Gasteiger partial charge in [-0.15, -0.1) is 0 Å². The molecular formula is C15H16N2O4. The van der Waals surface area contributed by atoms with Crippen molar-refractivity contribution < 1.29 is 19.1 Å². The molecule has 0 aliphatic rings. The Hall–Kier alpha value is -2.60. The van der Waals surface area contributed by atoms with Gasteiger partial charge in [0.2, 0.25) is 5.91 Å². The van der Waals surface area contributed by atoms with Gasteiger partial charge in [-0.1, -0.05) is 24.3 Å². The van der Waals surface area contributed by atoms with Gasteiger partial charge in [0.05, 0.1) is 19.4 Å². The molecule has 0 aliphatic carbocycles. The summed E-state index contributed by atoms with van der Waals surface area (Å²) in [6.07, 6.45) is 1.39. The van der Waals surface area contributed by atoms with Crippen LogP contribution in [0.3, 0.4) is 0 Å². The topological polar surface area (TPSA) is 91.6 Å². The van der Waals surface area contributed by atoms with Crippen molar-refractivity contribution in [1.29, 1.82) is 0 Å². The van der Waals surface area contributed by atoms with Gasteiger partial charge in [-0.3, -0.25) is 9.59 Å². The zero-order valence-corrected chi connectivity index (χ0v) is 11.3. The molecule has 0 saturated carbocycles. The van der Waals surface area contributed by atoms with Crippen molar-refractivity contribution in [3.63, 3.8) is 0 Å². The summed E-state index contributed by atoms with van der Waals surface area (Å²) in [6.45, 7) is 0.170. The van der Waals surface area contributed by atoms with E-state index in [0.717, 1.165) is 11.1 Å². The van der Waals surface area contributed by atoms with Gasteiger partial charge in [0.1, 0.15) is 0 Å². The fourth-order valence-electron chi connectivity index (χ4n) is 1.76. The minimum atomic E-state index is -0.433. The second-order valence-corrected chi connectivity index (χ2v) is 4.41. The number of aliphatic hydroxyl groups excluding tert-OH is 1. The molecule has 6 heteroatoms. The number of rotatable bonds is 6. The molecule has 110 valence electrons. The van der Waals surface area contributed by atoms with Crippen LogP contribution < -0.4 is 10.6 Å². The molecule has 0 saturated heterocycles. The van der Waals surface area contributed by atoms with Crippen LogP contribution >= 0.6 is 0 Å². The number of hydrogen-bond acceptors (Lipinski definition) is 4. The lowest BCUT2D eigenvalue weighted by Gasteiger charge is -2.07. The van der Waals surface area contributed by atoms with Crippen molar-refractivity contribution in [3.05, 3.63) is 59.5 Å². The van der Waals surface area contributed by atoms with Crippen molar-refractivity contribution in [1.82, 2.24) is 10.6 Å². The fourth-order valence-corrected chi connectivity index (χ4v) is 1.76. The number of aliphatic hydroxyl groups is 1. The van der Waals surface area contributed by atoms with E-state index in [9.17, 15) is 9.59 Å². The van der Waals surface area contributed by atoms with Crippen LogP contribution in [0.2, 0.25) is 0 Å². The molecule has 3 N–H and O–H groups in total. The first-order valence-corrected chi connectivity index (χ1v) is 6.46. The van der Waals surface area contributed by atoms with Crippen molar-refractivity contribution >= 4 is 11.8 Å². The second kappa shape index (κ2) is 7.25. The van der Waals surface area contributed by atoms with E-state index < -0.39 is 5.91 Å². The van der Waals surface area contributed by atoms with E-state index in [4.69, 9.17) is 9.52 Å². The molecule has 0 fully saturated rings. The zero-order valence-electron chi connectivity index (χ0n) is 11.3. The number of hydrogen-bond donors (Lipinski definition) is 3. The molecule has 0 aliphatic heterocycles. The molecular weight excluding hydrogens is 272 g/mol. The molecule has 0 spiro atoms. The Kier molecular flexibility index (Phi) is 5.11. The van der Waals surface area contributed by atoms with Crippen LogP contribution in [0.5, 0.6) is 0 Å². The molecule has 0 bridgehead atoms. The van der Waals surface area contributed by atoms with Gasteiger partial charge in [0.25, 0.3) is 5.91 Å². The summed E-state index contributed by atoms with van der Waals surface area (Å²) in [5.41, 5.74) is 1.67. The first kappa shape index (κ1) is 14.8. The van der Waals surface area contributed by atoms with Gasteiger partial charge in [-0.25, -0.2) is 0 Å². The predicted molar refractivity (Wildman–Crippen MR) is 75.3 cm³/mol. The number of amides is 2. The molecule has 1 aromatic heterocycles. The quantitative estimate of drug-likeness (QED) is 0.734. The van der Waals surface area contributed by atoms with E-state index >= 15 is 0 Å². The third kappa shape index (κ3) is 4.47. The Labute approximate surface area is 121 Å². The van der Waals surface area contributed by atoms with E-state index in [1.165, 1.54) is 12.3 Å². The standard InChI is InChI=1S/C15H16N2O4/c18-10-12-4-1-3-11(7-12)8-16-14(19)9-17-15(20)13-5-2-6-21-13/h1-7,18H,8-10H2,(H,16,19)(H,17,20). The van der Waals surface area contributed by atoms with Crippen LogP contribution in [-0.4, -0.2) is 23.5 Å². The van der Waals surface area contributed by atoms with Gasteiger partial charge >= 0.3 is 0 Å². The molecule has 6 nitrogen and oxygen atoms in total. The molecule has 0 radical (unpaired) electrons. The molecule has 2 amide bonds. The van der Waals surface area contributed by atoms with Gasteiger partial charge in [0.15, 0.2) is 5.76 Å². The molecule has 21 heavy (non-hydrogen) atoms. The summed E-state index contributed by atoms with van der Waals surface area (Å²) in [4.78, 5) is 23.2. The van der Waals surface area contributed by atoms with E-state index in [1.807, 2.05) is 18.2 Å². The van der Waals surface area contributed by atoms with E-state index in [-0.39, 0.29) is 24.8 Å². The maximum absolute atomic E-state index is 11.6. The Morgan fingerprint density at radius 1 is 1.10 bits per heavy atom. The molecule has 1 aromatic carbocycles. The monoisotopic (exact) mass is 288 g/mol. The van der Waals surface area contributed by atoms with Crippen LogP contribution in [0.1, 0.15) is 21.7 Å². The average Bonchev–Trinajstić information content (AvgIpc) is 3.05. The maximum Gasteiger partial charge on any atom is 0.287 e. The zero-order chi connectivity index (χ0) is 15.1. The second-order valence-electron chi connectivity index (χ2n) is 4.41. The molecule has 2 aromatic rings. The Morgan fingerprint density at radius 3 is 2.62 bits per heavy atom. The van der Waals surface area contributed by atoms with Crippen molar-refractivity contribution in [2.24, 2.45) is 0 Å². The normalized spacial score (nSPS) is 10.1. The minimum Gasteiger partial charge on any atom is -0.459 e. The first-order chi connectivity index (χ1) is 10.2. The van der Waals surface area contributed by atoms with Crippen LogP contribution in [0.25, 0.3) is 0 Å². The summed E-state index contributed by atoms with van der Waals surface area (Å²) in [5.74, 6) is -0.569. The lowest BCUT2D eigenvalue weighted by Crippen LogP contribution is -2.36. The van der Waals surface area contributed by atoms with E-state index in [0.29, 0.717) is 6.54 Å². The first-order valence-electron chi connectivity index (χ1n) is 6.46. The van der Waals surface area contributed by atoms with Gasteiger partial charge in [0, 0.05) is 6.54 Å². The van der Waals surface area contributed by atoms with E-state index in [1.54, 1.807) is 12.1 Å². The van der Waals surface area contributed by atoms with Crippen molar-refractivity contribution in [3.8, 4) is 0 Å². The SMILES string of the molecule is O=C(CNC(=O)c1ccco1)NCc1cccc(CO)c1. The highest BCUT2D eigenvalue weighted by Crippen LogP contribution is 2.04. The van der Waals surface area contributed by atoms with Crippen molar-refractivity contribution in [2.75, 3.05) is 6.54 Å². The maximum atomic E-state index is 11.6. The number of furan rings is 1. The third-order valence-electron chi connectivity index (χ3n) is 2.82. The minimum absolute atomic E-state index is 0.0407. The summed E-state index contributed by atoms with van der Waals surface area (Å²) in [6, 6.07) is 10.4. The summed E-state index contributed by atoms with van der Waals surface area (Å²) < 4.78 is 4.91. The summed E-state index contributed by atoms with van der Waals surface area (Å²) >= 11 is 0. The summed E-state index contributed by atoms with van der Waals surface area (Å²) in [7, 11) is 0. The van der Waals surface area contributed by atoms with Crippen LogP contribution in [0.15, 0.2) is 47.1 Å². The van der Waals surface area contributed by atoms with E-state index in [2.05, 4.69) is 10.6 Å². The largest absolute Gasteiger partial charge is 0.459 e.